The third kappa shape index (κ3) is 2.38. The number of rotatable bonds is 3. The highest BCUT2D eigenvalue weighted by Gasteiger charge is 2.40. The Labute approximate surface area is 126 Å². The fraction of sp³-hybridized carbons (Fsp3) is 0.647. The van der Waals surface area contributed by atoms with Crippen LogP contribution in [0, 0.1) is 0 Å². The second-order valence-electron chi connectivity index (χ2n) is 6.72. The first-order chi connectivity index (χ1) is 9.79. The fourth-order valence-corrected chi connectivity index (χ4v) is 4.47. The zero-order valence-corrected chi connectivity index (χ0v) is 12.6. The minimum atomic E-state index is 0.737. The van der Waals surface area contributed by atoms with E-state index in [2.05, 4.69) is 22.3 Å². The number of nitrogens with one attached hydrogen (secondary N) is 1. The summed E-state index contributed by atoms with van der Waals surface area (Å²) in [5.74, 6) is 0.742. The van der Waals surface area contributed by atoms with E-state index in [1.165, 1.54) is 50.8 Å². The predicted molar refractivity (Wildman–Crippen MR) is 83.4 cm³/mol. The fourth-order valence-electron chi connectivity index (χ4n) is 4.34. The summed E-state index contributed by atoms with van der Waals surface area (Å²) in [4.78, 5) is 2.69. The van der Waals surface area contributed by atoms with Gasteiger partial charge in [0.1, 0.15) is 0 Å². The van der Waals surface area contributed by atoms with Crippen molar-refractivity contribution in [1.82, 2.24) is 10.2 Å². The molecule has 0 aromatic heterocycles. The lowest BCUT2D eigenvalue weighted by Crippen LogP contribution is -2.49. The Morgan fingerprint density at radius 2 is 1.85 bits per heavy atom. The molecular formula is C17H23ClN2. The molecule has 2 aliphatic heterocycles. The van der Waals surface area contributed by atoms with Crippen molar-refractivity contribution in [2.24, 2.45) is 0 Å². The molecule has 0 radical (unpaired) electrons. The van der Waals surface area contributed by atoms with E-state index in [0.29, 0.717) is 0 Å². The van der Waals surface area contributed by atoms with Crippen molar-refractivity contribution in [3.63, 3.8) is 0 Å². The molecule has 1 N–H and O–H groups in total. The van der Waals surface area contributed by atoms with Gasteiger partial charge in [-0.2, -0.15) is 0 Å². The molecule has 3 aliphatic rings. The summed E-state index contributed by atoms with van der Waals surface area (Å²) in [6, 6.07) is 10.8. The van der Waals surface area contributed by atoms with Crippen LogP contribution in [0.25, 0.3) is 0 Å². The lowest BCUT2D eigenvalue weighted by Gasteiger charge is -2.39. The summed E-state index contributed by atoms with van der Waals surface area (Å²) < 4.78 is 0. The number of nitrogens with zero attached hydrogens (tertiary/aromatic N) is 1. The summed E-state index contributed by atoms with van der Waals surface area (Å²) in [5, 5.41) is 4.77. The van der Waals surface area contributed by atoms with Gasteiger partial charge >= 0.3 is 0 Å². The molecule has 4 rings (SSSR count). The third-order valence-corrected chi connectivity index (χ3v) is 5.79. The van der Waals surface area contributed by atoms with Gasteiger partial charge in [-0.1, -0.05) is 23.7 Å². The molecule has 1 aliphatic carbocycles. The van der Waals surface area contributed by atoms with Gasteiger partial charge in [-0.25, -0.2) is 0 Å². The van der Waals surface area contributed by atoms with Crippen LogP contribution in [0.3, 0.4) is 0 Å². The van der Waals surface area contributed by atoms with E-state index in [1.807, 2.05) is 12.1 Å². The quantitative estimate of drug-likeness (QED) is 0.918. The van der Waals surface area contributed by atoms with Crippen LogP contribution >= 0.6 is 11.6 Å². The summed E-state index contributed by atoms with van der Waals surface area (Å²) >= 11 is 5.95. The maximum Gasteiger partial charge on any atom is 0.0406 e. The molecule has 20 heavy (non-hydrogen) atoms. The number of benzene rings is 1. The van der Waals surface area contributed by atoms with Crippen LogP contribution in [-0.4, -0.2) is 36.1 Å². The second kappa shape index (κ2) is 5.32. The smallest absolute Gasteiger partial charge is 0.0406 e. The summed E-state index contributed by atoms with van der Waals surface area (Å²) in [6.45, 7) is 2.65. The Kier molecular flexibility index (Phi) is 3.49. The Morgan fingerprint density at radius 3 is 2.65 bits per heavy atom. The van der Waals surface area contributed by atoms with Crippen LogP contribution in [0.4, 0.5) is 0 Å². The Balaban J connectivity index is 1.30. The number of hydrogen-bond acceptors (Lipinski definition) is 2. The largest absolute Gasteiger partial charge is 0.310 e. The van der Waals surface area contributed by atoms with E-state index in [9.17, 15) is 0 Å². The highest BCUT2D eigenvalue weighted by molar-refractivity contribution is 6.30. The first kappa shape index (κ1) is 13.1. The predicted octanol–water partition coefficient (Wildman–Crippen LogP) is 3.41. The van der Waals surface area contributed by atoms with Crippen LogP contribution in [0.5, 0.6) is 0 Å². The zero-order valence-electron chi connectivity index (χ0n) is 11.9. The summed E-state index contributed by atoms with van der Waals surface area (Å²) in [5.41, 5.74) is 1.46. The Bertz CT molecular complexity index is 466. The molecular weight excluding hydrogens is 268 g/mol. The molecule has 2 unspecified atom stereocenters. The topological polar surface area (TPSA) is 15.3 Å². The molecule has 0 bridgehead atoms. The minimum absolute atomic E-state index is 0.737. The summed E-state index contributed by atoms with van der Waals surface area (Å²) in [7, 11) is 0. The Hall–Kier alpha value is -0.570. The number of hydrogen-bond donors (Lipinski definition) is 1. The molecule has 2 saturated heterocycles. The lowest BCUT2D eigenvalue weighted by atomic mass is 9.75. The maximum atomic E-state index is 5.95. The highest BCUT2D eigenvalue weighted by Crippen LogP contribution is 2.38. The zero-order chi connectivity index (χ0) is 13.5. The van der Waals surface area contributed by atoms with Crippen LogP contribution in [0.2, 0.25) is 5.02 Å². The molecule has 0 amide bonds. The minimum Gasteiger partial charge on any atom is -0.310 e. The van der Waals surface area contributed by atoms with Crippen LogP contribution in [-0.2, 0) is 0 Å². The molecule has 2 nitrogen and oxygen atoms in total. The average molecular weight is 291 g/mol. The molecule has 1 aromatic carbocycles. The van der Waals surface area contributed by atoms with E-state index in [4.69, 9.17) is 11.6 Å². The average Bonchev–Trinajstić information content (AvgIpc) is 2.99. The third-order valence-electron chi connectivity index (χ3n) is 5.54. The van der Waals surface area contributed by atoms with Gasteiger partial charge in [0.2, 0.25) is 0 Å². The standard InChI is InChI=1S/C17H23ClN2/c18-14-5-3-12(4-6-14)13-10-15(11-13)19-16-7-9-20-8-1-2-17(16)20/h3-6,13,15-17,19H,1-2,7-11H2. The van der Waals surface area contributed by atoms with Crippen molar-refractivity contribution >= 4 is 11.6 Å². The van der Waals surface area contributed by atoms with Crippen LogP contribution in [0.1, 0.15) is 43.6 Å². The van der Waals surface area contributed by atoms with Gasteiger partial charge in [0.15, 0.2) is 0 Å². The van der Waals surface area contributed by atoms with Gasteiger partial charge in [-0.15, -0.1) is 0 Å². The van der Waals surface area contributed by atoms with Crippen molar-refractivity contribution < 1.29 is 0 Å². The molecule has 3 heteroatoms. The van der Waals surface area contributed by atoms with Crippen molar-refractivity contribution in [3.05, 3.63) is 34.9 Å². The van der Waals surface area contributed by atoms with Gasteiger partial charge < -0.3 is 5.32 Å². The SMILES string of the molecule is Clc1ccc(C2CC(NC3CCN4CCCC34)C2)cc1. The molecule has 1 saturated carbocycles. The van der Waals surface area contributed by atoms with Crippen molar-refractivity contribution in [2.75, 3.05) is 13.1 Å². The van der Waals surface area contributed by atoms with E-state index >= 15 is 0 Å². The van der Waals surface area contributed by atoms with Crippen molar-refractivity contribution in [3.8, 4) is 0 Å². The van der Waals surface area contributed by atoms with Crippen molar-refractivity contribution in [2.45, 2.75) is 56.1 Å². The van der Waals surface area contributed by atoms with Crippen LogP contribution in [0.15, 0.2) is 24.3 Å². The first-order valence-electron chi connectivity index (χ1n) is 8.05. The second-order valence-corrected chi connectivity index (χ2v) is 7.16. The molecule has 1 aromatic rings. The van der Waals surface area contributed by atoms with Gasteiger partial charge in [0, 0.05) is 29.7 Å². The first-order valence-corrected chi connectivity index (χ1v) is 8.43. The monoisotopic (exact) mass is 290 g/mol. The molecule has 2 heterocycles. The van der Waals surface area contributed by atoms with E-state index in [0.717, 1.165) is 29.1 Å². The number of fused-ring (bicyclic) bond motifs is 1. The molecule has 108 valence electrons. The molecule has 3 fully saturated rings. The highest BCUT2D eigenvalue weighted by atomic mass is 35.5. The van der Waals surface area contributed by atoms with Gasteiger partial charge in [-0.05, 0) is 62.3 Å². The Morgan fingerprint density at radius 1 is 1.05 bits per heavy atom. The van der Waals surface area contributed by atoms with Gasteiger partial charge in [0.05, 0.1) is 0 Å². The number of halogens is 1. The van der Waals surface area contributed by atoms with E-state index < -0.39 is 0 Å². The summed E-state index contributed by atoms with van der Waals surface area (Å²) in [6.07, 6.45) is 6.76. The lowest BCUT2D eigenvalue weighted by molar-refractivity contribution is 0.234. The molecule has 0 spiro atoms. The van der Waals surface area contributed by atoms with Crippen LogP contribution < -0.4 is 5.32 Å². The van der Waals surface area contributed by atoms with Gasteiger partial charge in [0.25, 0.3) is 0 Å². The normalized spacial score (nSPS) is 36.9. The van der Waals surface area contributed by atoms with Crippen molar-refractivity contribution in [1.29, 1.82) is 0 Å². The maximum absolute atomic E-state index is 5.95. The molecule has 2 atom stereocenters. The van der Waals surface area contributed by atoms with E-state index in [1.54, 1.807) is 0 Å². The van der Waals surface area contributed by atoms with E-state index in [-0.39, 0.29) is 0 Å². The van der Waals surface area contributed by atoms with Gasteiger partial charge in [-0.3, -0.25) is 4.90 Å².